The molecule has 0 radical (unpaired) electrons. The highest BCUT2D eigenvalue weighted by molar-refractivity contribution is 5.53. The molecule has 0 fully saturated rings. The van der Waals surface area contributed by atoms with E-state index in [2.05, 4.69) is 96.1 Å². The highest BCUT2D eigenvalue weighted by Crippen LogP contribution is 2.43. The molecule has 166 valence electrons. The predicted molar refractivity (Wildman–Crippen MR) is 133 cm³/mol. The third-order valence-corrected chi connectivity index (χ3v) is 4.83. The van der Waals surface area contributed by atoms with Crippen LogP contribution in [0.5, 0.6) is 0 Å². The van der Waals surface area contributed by atoms with Crippen molar-refractivity contribution in [3.8, 4) is 0 Å². The van der Waals surface area contributed by atoms with Crippen LogP contribution in [-0.2, 0) is 0 Å². The molecule has 0 aromatic heterocycles. The van der Waals surface area contributed by atoms with E-state index >= 15 is 0 Å². The maximum absolute atomic E-state index is 2.53. The summed E-state index contributed by atoms with van der Waals surface area (Å²) in [6.45, 7) is 34.2. The van der Waals surface area contributed by atoms with Crippen molar-refractivity contribution in [2.45, 2.75) is 110 Å². The highest BCUT2D eigenvalue weighted by atomic mass is 14.3. The lowest BCUT2D eigenvalue weighted by atomic mass is 9.76. The van der Waals surface area contributed by atoms with E-state index in [9.17, 15) is 0 Å². The van der Waals surface area contributed by atoms with E-state index in [-0.39, 0.29) is 0 Å². The summed E-state index contributed by atoms with van der Waals surface area (Å²) in [4.78, 5) is 0. The zero-order chi connectivity index (χ0) is 22.8. The largest absolute Gasteiger partial charge is 0.0767 e. The Labute approximate surface area is 180 Å². The van der Waals surface area contributed by atoms with Crippen LogP contribution in [0.25, 0.3) is 0 Å². The Kier molecular flexibility index (Phi) is 15.0. The molecule has 0 aliphatic heterocycles. The number of hydrogen-bond acceptors (Lipinski definition) is 0. The standard InChI is InChI=1S/C22H38.C4H10.C2H6/c1-13(2)18-11-12-19(14(3)4)21(16(7)8)22(17(9)10)20(18)15(5)6;1-4(2)3;1-2/h11,13-17H,12H2,1-10H3;4H,1-3H3;1-2H3. The van der Waals surface area contributed by atoms with Gasteiger partial charge in [-0.1, -0.05) is 116 Å². The molecule has 0 saturated heterocycles. The molecule has 1 aliphatic rings. The first-order valence-electron chi connectivity index (χ1n) is 12.0. The summed E-state index contributed by atoms with van der Waals surface area (Å²) in [5, 5.41) is 0. The molecule has 0 amide bonds. The van der Waals surface area contributed by atoms with Gasteiger partial charge < -0.3 is 0 Å². The van der Waals surface area contributed by atoms with Gasteiger partial charge in [-0.05, 0) is 64.2 Å². The molecule has 0 unspecified atom stereocenters. The van der Waals surface area contributed by atoms with Crippen molar-refractivity contribution >= 4 is 0 Å². The molecule has 0 atom stereocenters. The van der Waals surface area contributed by atoms with Gasteiger partial charge in [0.1, 0.15) is 0 Å². The molecule has 1 aliphatic carbocycles. The molecule has 0 nitrogen and oxygen atoms in total. The van der Waals surface area contributed by atoms with Gasteiger partial charge in [-0.25, -0.2) is 0 Å². The Bertz CT molecular complexity index is 513. The number of allylic oxidation sites excluding steroid dienone is 6. The van der Waals surface area contributed by atoms with Gasteiger partial charge in [-0.3, -0.25) is 0 Å². The van der Waals surface area contributed by atoms with Crippen molar-refractivity contribution in [3.05, 3.63) is 33.9 Å². The molecule has 0 N–H and O–H groups in total. The maximum atomic E-state index is 2.53. The maximum Gasteiger partial charge on any atom is -0.0124 e. The summed E-state index contributed by atoms with van der Waals surface area (Å²) in [6.07, 6.45) is 3.66. The van der Waals surface area contributed by atoms with E-state index in [1.165, 1.54) is 0 Å². The van der Waals surface area contributed by atoms with Crippen LogP contribution in [0.2, 0.25) is 0 Å². The lowest BCUT2D eigenvalue weighted by molar-refractivity contribution is 0.628. The van der Waals surface area contributed by atoms with Gasteiger partial charge in [0.2, 0.25) is 0 Å². The minimum absolute atomic E-state index is 0.587. The Hall–Kier alpha value is -0.780. The van der Waals surface area contributed by atoms with Crippen LogP contribution in [0.3, 0.4) is 0 Å². The second-order valence-electron chi connectivity index (χ2n) is 10.1. The van der Waals surface area contributed by atoms with E-state index in [1.54, 1.807) is 27.9 Å². The van der Waals surface area contributed by atoms with Gasteiger partial charge >= 0.3 is 0 Å². The van der Waals surface area contributed by atoms with Crippen molar-refractivity contribution in [1.82, 2.24) is 0 Å². The van der Waals surface area contributed by atoms with Crippen LogP contribution in [0, 0.1) is 35.5 Å². The van der Waals surface area contributed by atoms with E-state index in [1.807, 2.05) is 13.8 Å². The van der Waals surface area contributed by atoms with Gasteiger partial charge in [0.25, 0.3) is 0 Å². The molecule has 0 bridgehead atoms. The summed E-state index contributed by atoms with van der Waals surface area (Å²) in [5.41, 5.74) is 8.18. The quantitative estimate of drug-likeness (QED) is 0.438. The molecule has 28 heavy (non-hydrogen) atoms. The minimum Gasteiger partial charge on any atom is -0.0767 e. The molecule has 0 heterocycles. The van der Waals surface area contributed by atoms with Crippen molar-refractivity contribution in [1.29, 1.82) is 0 Å². The normalized spacial score (nSPS) is 15.2. The van der Waals surface area contributed by atoms with Crippen LogP contribution in [-0.4, -0.2) is 0 Å². The predicted octanol–water partition coefficient (Wildman–Crippen LogP) is 9.88. The van der Waals surface area contributed by atoms with Crippen LogP contribution in [0.4, 0.5) is 0 Å². The van der Waals surface area contributed by atoms with Crippen LogP contribution in [0.15, 0.2) is 33.9 Å². The van der Waals surface area contributed by atoms with Gasteiger partial charge in [0.15, 0.2) is 0 Å². The van der Waals surface area contributed by atoms with Crippen molar-refractivity contribution in [2.24, 2.45) is 35.5 Å². The zero-order valence-electron chi connectivity index (χ0n) is 22.2. The third kappa shape index (κ3) is 9.15. The van der Waals surface area contributed by atoms with Gasteiger partial charge in [-0.15, -0.1) is 0 Å². The molecule has 0 heteroatoms. The van der Waals surface area contributed by atoms with Gasteiger partial charge in [-0.2, -0.15) is 0 Å². The highest BCUT2D eigenvalue weighted by Gasteiger charge is 2.28. The molecular formula is C28H54. The summed E-state index contributed by atoms with van der Waals surface area (Å²) < 4.78 is 0. The fraction of sp³-hybridized carbons (Fsp3) is 0.786. The summed E-state index contributed by atoms with van der Waals surface area (Å²) in [7, 11) is 0. The minimum atomic E-state index is 0.587. The van der Waals surface area contributed by atoms with E-state index in [0.29, 0.717) is 29.6 Å². The van der Waals surface area contributed by atoms with Crippen molar-refractivity contribution < 1.29 is 0 Å². The smallest absolute Gasteiger partial charge is 0.0124 e. The first kappa shape index (κ1) is 29.4. The third-order valence-electron chi connectivity index (χ3n) is 4.83. The average Bonchev–Trinajstić information content (AvgIpc) is 2.73. The molecular weight excluding hydrogens is 336 g/mol. The monoisotopic (exact) mass is 390 g/mol. The second kappa shape index (κ2) is 14.2. The average molecular weight is 391 g/mol. The Balaban J connectivity index is 0. The van der Waals surface area contributed by atoms with E-state index in [4.69, 9.17) is 0 Å². The summed E-state index contributed by atoms with van der Waals surface area (Å²) in [6, 6.07) is 0. The van der Waals surface area contributed by atoms with Crippen molar-refractivity contribution in [3.63, 3.8) is 0 Å². The lowest BCUT2D eigenvalue weighted by Crippen LogP contribution is -2.15. The summed E-state index contributed by atoms with van der Waals surface area (Å²) in [5.74, 6) is 3.84. The van der Waals surface area contributed by atoms with E-state index in [0.717, 1.165) is 12.3 Å². The Morgan fingerprint density at radius 1 is 0.500 bits per heavy atom. The lowest BCUT2D eigenvalue weighted by Gasteiger charge is -2.29. The fourth-order valence-electron chi connectivity index (χ4n) is 3.95. The first-order valence-corrected chi connectivity index (χ1v) is 12.0. The molecule has 0 spiro atoms. The molecule has 1 rings (SSSR count). The molecule has 0 saturated carbocycles. The van der Waals surface area contributed by atoms with Crippen LogP contribution in [0.1, 0.15) is 110 Å². The van der Waals surface area contributed by atoms with Crippen molar-refractivity contribution in [2.75, 3.05) is 0 Å². The Morgan fingerprint density at radius 3 is 1.11 bits per heavy atom. The zero-order valence-corrected chi connectivity index (χ0v) is 22.2. The number of rotatable bonds is 5. The number of hydrogen-bond donors (Lipinski definition) is 0. The summed E-state index contributed by atoms with van der Waals surface area (Å²) >= 11 is 0. The first-order chi connectivity index (χ1) is 12.8. The second-order valence-corrected chi connectivity index (χ2v) is 10.1. The molecule has 0 aromatic carbocycles. The Morgan fingerprint density at radius 2 is 0.857 bits per heavy atom. The SMILES string of the molecule is CC.CC(C)C.CC(C)C1=CCC(C(C)C)=C(C(C)C)C(C(C)C)=C1C(C)C. The fourth-order valence-corrected chi connectivity index (χ4v) is 3.95. The van der Waals surface area contributed by atoms with Gasteiger partial charge in [0, 0.05) is 0 Å². The topological polar surface area (TPSA) is 0 Å². The van der Waals surface area contributed by atoms with Crippen LogP contribution < -0.4 is 0 Å². The molecule has 0 aromatic rings. The van der Waals surface area contributed by atoms with Crippen LogP contribution >= 0.6 is 0 Å². The van der Waals surface area contributed by atoms with E-state index < -0.39 is 0 Å². The van der Waals surface area contributed by atoms with Gasteiger partial charge in [0.05, 0.1) is 0 Å².